The molecule has 0 aromatic rings. The molecular weight excluding hydrogens is 266 g/mol. The maximum absolute atomic E-state index is 12.8. The van der Waals surface area contributed by atoms with Crippen LogP contribution in [0.2, 0.25) is 0 Å². The van der Waals surface area contributed by atoms with Crippen LogP contribution in [0.15, 0.2) is 0 Å². The van der Waals surface area contributed by atoms with Crippen molar-refractivity contribution in [2.75, 3.05) is 19.6 Å². The highest BCUT2D eigenvalue weighted by atomic mass is 16.2. The lowest BCUT2D eigenvalue weighted by Crippen LogP contribution is -2.55. The maximum atomic E-state index is 12.8. The van der Waals surface area contributed by atoms with Gasteiger partial charge in [0.25, 0.3) is 0 Å². The van der Waals surface area contributed by atoms with E-state index in [2.05, 4.69) is 5.32 Å². The molecule has 5 heteroatoms. The van der Waals surface area contributed by atoms with Gasteiger partial charge in [0.1, 0.15) is 0 Å². The summed E-state index contributed by atoms with van der Waals surface area (Å²) in [6.07, 6.45) is 6.62. The van der Waals surface area contributed by atoms with Crippen LogP contribution in [0.25, 0.3) is 0 Å². The Kier molecular flexibility index (Phi) is 3.72. The summed E-state index contributed by atoms with van der Waals surface area (Å²) < 4.78 is 0. The second-order valence-electron chi connectivity index (χ2n) is 7.58. The molecule has 1 saturated carbocycles. The molecule has 2 unspecified atom stereocenters. The van der Waals surface area contributed by atoms with Crippen molar-refractivity contribution in [2.24, 2.45) is 17.1 Å². The number of nitrogens with zero attached hydrogens (tertiary/aromatic N) is 1. The van der Waals surface area contributed by atoms with E-state index in [1.807, 2.05) is 11.8 Å². The average molecular weight is 293 g/mol. The summed E-state index contributed by atoms with van der Waals surface area (Å²) in [5, 5.41) is 2.94. The topological polar surface area (TPSA) is 75.4 Å². The van der Waals surface area contributed by atoms with Crippen molar-refractivity contribution in [3.8, 4) is 0 Å². The van der Waals surface area contributed by atoms with Crippen molar-refractivity contribution >= 4 is 11.8 Å². The van der Waals surface area contributed by atoms with E-state index >= 15 is 0 Å². The third kappa shape index (κ3) is 2.80. The van der Waals surface area contributed by atoms with Crippen LogP contribution in [0.4, 0.5) is 0 Å². The number of nitrogens with one attached hydrogen (secondary N) is 1. The highest BCUT2D eigenvalue weighted by molar-refractivity contribution is 5.81. The summed E-state index contributed by atoms with van der Waals surface area (Å²) in [7, 11) is 0. The van der Waals surface area contributed by atoms with Gasteiger partial charge in [-0.1, -0.05) is 12.8 Å². The first kappa shape index (κ1) is 14.8. The molecule has 0 aromatic heterocycles. The van der Waals surface area contributed by atoms with Gasteiger partial charge in [-0.25, -0.2) is 0 Å². The molecule has 2 aliphatic heterocycles. The number of amides is 2. The zero-order valence-corrected chi connectivity index (χ0v) is 13.0. The van der Waals surface area contributed by atoms with Crippen LogP contribution in [0.3, 0.4) is 0 Å². The zero-order chi connectivity index (χ0) is 15.1. The van der Waals surface area contributed by atoms with Crippen LogP contribution in [0, 0.1) is 11.3 Å². The molecule has 1 aliphatic carbocycles. The normalized spacial score (nSPS) is 35.8. The van der Waals surface area contributed by atoms with E-state index in [0.29, 0.717) is 6.42 Å². The molecule has 2 atom stereocenters. The Morgan fingerprint density at radius 3 is 2.57 bits per heavy atom. The molecule has 3 aliphatic rings. The molecule has 0 bridgehead atoms. The molecule has 0 aromatic carbocycles. The van der Waals surface area contributed by atoms with Gasteiger partial charge in [-0.2, -0.15) is 0 Å². The lowest BCUT2D eigenvalue weighted by molar-refractivity contribution is -0.141. The van der Waals surface area contributed by atoms with Crippen LogP contribution in [0.1, 0.15) is 51.9 Å². The summed E-state index contributed by atoms with van der Waals surface area (Å²) >= 11 is 0. The van der Waals surface area contributed by atoms with Gasteiger partial charge in [-0.05, 0) is 38.0 Å². The number of hydrogen-bond acceptors (Lipinski definition) is 3. The molecule has 118 valence electrons. The standard InChI is InChI=1S/C16H27N3O2/c1-15(17)5-3-2-4-12(15)14(21)19-8-6-16(7-9-19)10-13(20)18-11-16/h12H,2-11,17H2,1H3,(H,18,20). The lowest BCUT2D eigenvalue weighted by Gasteiger charge is -2.43. The minimum Gasteiger partial charge on any atom is -0.356 e. The monoisotopic (exact) mass is 293 g/mol. The highest BCUT2D eigenvalue weighted by Crippen LogP contribution is 2.39. The predicted molar refractivity (Wildman–Crippen MR) is 80.4 cm³/mol. The fourth-order valence-corrected chi connectivity index (χ4v) is 4.29. The van der Waals surface area contributed by atoms with E-state index < -0.39 is 0 Å². The Bertz CT molecular complexity index is 439. The number of carbonyl (C=O) groups is 2. The summed E-state index contributed by atoms with van der Waals surface area (Å²) in [6, 6.07) is 0. The Hall–Kier alpha value is -1.10. The molecule has 3 fully saturated rings. The Morgan fingerprint density at radius 2 is 2.00 bits per heavy atom. The molecule has 5 nitrogen and oxygen atoms in total. The van der Waals surface area contributed by atoms with Crippen LogP contribution < -0.4 is 11.1 Å². The fraction of sp³-hybridized carbons (Fsp3) is 0.875. The second kappa shape index (κ2) is 5.27. The number of rotatable bonds is 1. The van der Waals surface area contributed by atoms with Gasteiger partial charge in [-0.3, -0.25) is 9.59 Å². The highest BCUT2D eigenvalue weighted by Gasteiger charge is 2.44. The number of hydrogen-bond donors (Lipinski definition) is 2. The van der Waals surface area contributed by atoms with E-state index in [-0.39, 0.29) is 28.7 Å². The third-order valence-electron chi connectivity index (χ3n) is 5.88. The first-order valence-corrected chi connectivity index (χ1v) is 8.26. The van der Waals surface area contributed by atoms with Gasteiger partial charge in [0.05, 0.1) is 5.92 Å². The van der Waals surface area contributed by atoms with E-state index in [1.54, 1.807) is 0 Å². The minimum atomic E-state index is -0.352. The molecule has 2 heterocycles. The smallest absolute Gasteiger partial charge is 0.227 e. The van der Waals surface area contributed by atoms with E-state index in [9.17, 15) is 9.59 Å². The number of likely N-dealkylation sites (tertiary alicyclic amines) is 1. The molecule has 0 radical (unpaired) electrons. The third-order valence-corrected chi connectivity index (χ3v) is 5.88. The van der Waals surface area contributed by atoms with E-state index in [4.69, 9.17) is 5.73 Å². The van der Waals surface area contributed by atoms with Gasteiger partial charge in [0.15, 0.2) is 0 Å². The number of carbonyl (C=O) groups excluding carboxylic acids is 2. The average Bonchev–Trinajstić information content (AvgIpc) is 2.79. The SMILES string of the molecule is CC1(N)CCCCC1C(=O)N1CCC2(CC1)CNC(=O)C2. The van der Waals surface area contributed by atoms with Crippen LogP contribution in [0.5, 0.6) is 0 Å². The molecule has 3 N–H and O–H groups in total. The van der Waals surface area contributed by atoms with Crippen molar-refractivity contribution in [3.63, 3.8) is 0 Å². The van der Waals surface area contributed by atoms with Gasteiger partial charge < -0.3 is 16.0 Å². The fourth-order valence-electron chi connectivity index (χ4n) is 4.29. The van der Waals surface area contributed by atoms with Crippen LogP contribution in [-0.4, -0.2) is 41.9 Å². The minimum absolute atomic E-state index is 0.0244. The molecule has 3 rings (SSSR count). The van der Waals surface area contributed by atoms with Crippen molar-refractivity contribution in [1.82, 2.24) is 10.2 Å². The van der Waals surface area contributed by atoms with Crippen LogP contribution in [-0.2, 0) is 9.59 Å². The van der Waals surface area contributed by atoms with E-state index in [1.165, 1.54) is 0 Å². The second-order valence-corrected chi connectivity index (χ2v) is 7.58. The number of piperidine rings is 1. The van der Waals surface area contributed by atoms with Gasteiger partial charge >= 0.3 is 0 Å². The lowest BCUT2D eigenvalue weighted by atomic mass is 9.73. The van der Waals surface area contributed by atoms with E-state index in [0.717, 1.165) is 58.2 Å². The summed E-state index contributed by atoms with van der Waals surface area (Å²) in [4.78, 5) is 26.3. The predicted octanol–water partition coefficient (Wildman–Crippen LogP) is 1.02. The maximum Gasteiger partial charge on any atom is 0.227 e. The zero-order valence-electron chi connectivity index (χ0n) is 13.0. The van der Waals surface area contributed by atoms with Gasteiger partial charge in [-0.15, -0.1) is 0 Å². The molecule has 1 spiro atoms. The number of nitrogens with two attached hydrogens (primary N) is 1. The molecule has 21 heavy (non-hydrogen) atoms. The van der Waals surface area contributed by atoms with Gasteiger partial charge in [0.2, 0.25) is 11.8 Å². The summed E-state index contributed by atoms with van der Waals surface area (Å²) in [6.45, 7) is 4.37. The van der Waals surface area contributed by atoms with Crippen molar-refractivity contribution in [1.29, 1.82) is 0 Å². The summed E-state index contributed by atoms with van der Waals surface area (Å²) in [5.41, 5.74) is 6.11. The van der Waals surface area contributed by atoms with Crippen molar-refractivity contribution < 1.29 is 9.59 Å². The Morgan fingerprint density at radius 1 is 1.29 bits per heavy atom. The van der Waals surface area contributed by atoms with Crippen LogP contribution >= 0.6 is 0 Å². The summed E-state index contributed by atoms with van der Waals surface area (Å²) in [5.74, 6) is 0.382. The van der Waals surface area contributed by atoms with Crippen molar-refractivity contribution in [2.45, 2.75) is 57.4 Å². The Labute approximate surface area is 126 Å². The Balaban J connectivity index is 1.61. The first-order chi connectivity index (χ1) is 9.92. The largest absolute Gasteiger partial charge is 0.356 e. The molecule has 2 saturated heterocycles. The first-order valence-electron chi connectivity index (χ1n) is 8.26. The van der Waals surface area contributed by atoms with Gasteiger partial charge in [0, 0.05) is 31.6 Å². The van der Waals surface area contributed by atoms with Crippen molar-refractivity contribution in [3.05, 3.63) is 0 Å². The molecular formula is C16H27N3O2. The molecule has 2 amide bonds. The quantitative estimate of drug-likeness (QED) is 0.758.